The Morgan fingerprint density at radius 1 is 1.12 bits per heavy atom. The van der Waals surface area contributed by atoms with Gasteiger partial charge in [0.25, 0.3) is 0 Å². The lowest BCUT2D eigenvalue weighted by Crippen LogP contribution is -2.41. The summed E-state index contributed by atoms with van der Waals surface area (Å²) in [7, 11) is 0. The molecule has 0 aromatic heterocycles. The first-order chi connectivity index (χ1) is 12.0. The van der Waals surface area contributed by atoms with E-state index in [9.17, 15) is 18.0 Å². The quantitative estimate of drug-likeness (QED) is 0.817. The first-order valence-corrected chi connectivity index (χ1v) is 8.25. The molecule has 3 rings (SSSR count). The number of aryl methyl sites for hydroxylation is 1. The maximum absolute atomic E-state index is 13.7. The van der Waals surface area contributed by atoms with Crippen molar-refractivity contribution in [3.63, 3.8) is 0 Å². The van der Waals surface area contributed by atoms with Gasteiger partial charge in [-0.2, -0.15) is 0 Å². The molecule has 0 saturated carbocycles. The predicted octanol–water partition coefficient (Wildman–Crippen LogP) is 4.10. The molecule has 3 nitrogen and oxygen atoms in total. The van der Waals surface area contributed by atoms with Crippen LogP contribution in [0.3, 0.4) is 0 Å². The summed E-state index contributed by atoms with van der Waals surface area (Å²) < 4.78 is 39.9. The number of benzene rings is 2. The number of hydrogen-bond acceptors (Lipinski definition) is 2. The molecule has 2 N–H and O–H groups in total. The van der Waals surface area contributed by atoms with Crippen LogP contribution in [0.1, 0.15) is 36.9 Å². The Labute approximate surface area is 144 Å². The third-order valence-corrected chi connectivity index (χ3v) is 4.51. The van der Waals surface area contributed by atoms with Gasteiger partial charge in [-0.3, -0.25) is 10.1 Å². The van der Waals surface area contributed by atoms with Crippen molar-refractivity contribution in [2.45, 2.75) is 38.3 Å². The lowest BCUT2D eigenvalue weighted by Gasteiger charge is -2.29. The first kappa shape index (κ1) is 17.5. The molecule has 2 aromatic carbocycles. The van der Waals surface area contributed by atoms with Crippen LogP contribution >= 0.6 is 0 Å². The Balaban J connectivity index is 1.69. The van der Waals surface area contributed by atoms with E-state index >= 15 is 0 Å². The summed E-state index contributed by atoms with van der Waals surface area (Å²) in [6, 6.07) is 9.25. The zero-order valence-corrected chi connectivity index (χ0v) is 13.8. The molecule has 2 atom stereocenters. The Kier molecular flexibility index (Phi) is 5.08. The molecule has 0 saturated heterocycles. The second kappa shape index (κ2) is 7.27. The fourth-order valence-corrected chi connectivity index (χ4v) is 3.17. The summed E-state index contributed by atoms with van der Waals surface area (Å²) in [5.74, 6) is -4.79. The van der Waals surface area contributed by atoms with Gasteiger partial charge in [0.1, 0.15) is 0 Å². The number of amides is 1. The van der Waals surface area contributed by atoms with Gasteiger partial charge in [0.15, 0.2) is 17.5 Å². The number of rotatable bonds is 4. The van der Waals surface area contributed by atoms with Crippen LogP contribution < -0.4 is 10.6 Å². The number of anilines is 1. The number of nitrogens with one attached hydrogen (secondary N) is 2. The van der Waals surface area contributed by atoms with E-state index < -0.39 is 29.4 Å². The molecule has 1 aliphatic rings. The highest BCUT2D eigenvalue weighted by atomic mass is 19.2. The minimum absolute atomic E-state index is 0.0282. The smallest absolute Gasteiger partial charge is 0.241 e. The molecule has 0 spiro atoms. The van der Waals surface area contributed by atoms with Crippen LogP contribution in [0.5, 0.6) is 0 Å². The second-order valence-corrected chi connectivity index (χ2v) is 6.24. The average Bonchev–Trinajstić information content (AvgIpc) is 2.62. The molecule has 6 heteroatoms. The van der Waals surface area contributed by atoms with Gasteiger partial charge in [-0.15, -0.1) is 0 Å². The van der Waals surface area contributed by atoms with Crippen LogP contribution in [0.4, 0.5) is 18.9 Å². The Morgan fingerprint density at radius 3 is 2.68 bits per heavy atom. The monoisotopic (exact) mass is 348 g/mol. The second-order valence-electron chi connectivity index (χ2n) is 6.24. The zero-order chi connectivity index (χ0) is 18.0. The Morgan fingerprint density at radius 2 is 1.88 bits per heavy atom. The normalized spacial score (nSPS) is 17.7. The minimum Gasteiger partial charge on any atom is -0.322 e. The summed E-state index contributed by atoms with van der Waals surface area (Å²) >= 11 is 0. The molecular weight excluding hydrogens is 329 g/mol. The predicted molar refractivity (Wildman–Crippen MR) is 89.7 cm³/mol. The van der Waals surface area contributed by atoms with E-state index in [0.717, 1.165) is 37.0 Å². The number of hydrogen-bond donors (Lipinski definition) is 2. The Hall–Kier alpha value is -2.34. The molecule has 1 aliphatic carbocycles. The molecule has 132 valence electrons. The van der Waals surface area contributed by atoms with Crippen LogP contribution in [-0.2, 0) is 11.2 Å². The van der Waals surface area contributed by atoms with Gasteiger partial charge in [0.05, 0.1) is 11.7 Å². The van der Waals surface area contributed by atoms with E-state index in [-0.39, 0.29) is 11.7 Å². The lowest BCUT2D eigenvalue weighted by atomic mass is 9.87. The van der Waals surface area contributed by atoms with E-state index in [1.165, 1.54) is 5.56 Å². The fraction of sp³-hybridized carbons (Fsp3) is 0.316. The van der Waals surface area contributed by atoms with Crippen LogP contribution in [0.25, 0.3) is 0 Å². The average molecular weight is 348 g/mol. The maximum atomic E-state index is 13.7. The molecular formula is C19H19F3N2O. The molecule has 0 bridgehead atoms. The topological polar surface area (TPSA) is 41.1 Å². The number of halogens is 3. The molecule has 0 radical (unpaired) electrons. The van der Waals surface area contributed by atoms with E-state index in [1.54, 1.807) is 6.92 Å². The van der Waals surface area contributed by atoms with Crippen molar-refractivity contribution in [1.29, 1.82) is 0 Å². The molecule has 0 unspecified atom stereocenters. The summed E-state index contributed by atoms with van der Waals surface area (Å²) in [5, 5.41) is 5.55. The Bertz CT molecular complexity index is 794. The number of fused-ring (bicyclic) bond motifs is 1. The van der Waals surface area contributed by atoms with Gasteiger partial charge in [-0.05, 0) is 49.4 Å². The van der Waals surface area contributed by atoms with Crippen LogP contribution in [0.15, 0.2) is 36.4 Å². The van der Waals surface area contributed by atoms with Gasteiger partial charge < -0.3 is 5.32 Å². The van der Waals surface area contributed by atoms with Gasteiger partial charge in [0.2, 0.25) is 5.91 Å². The third kappa shape index (κ3) is 3.69. The van der Waals surface area contributed by atoms with Crippen molar-refractivity contribution in [3.05, 3.63) is 65.0 Å². The molecule has 25 heavy (non-hydrogen) atoms. The van der Waals surface area contributed by atoms with Gasteiger partial charge >= 0.3 is 0 Å². The SMILES string of the molecule is C[C@@H](N[C@@H]1CCCc2ccccc21)C(=O)Nc1ccc(F)c(F)c1F. The molecule has 1 amide bonds. The summed E-state index contributed by atoms with van der Waals surface area (Å²) in [4.78, 5) is 12.3. The van der Waals surface area contributed by atoms with Crippen LogP contribution in [-0.4, -0.2) is 11.9 Å². The van der Waals surface area contributed by atoms with Crippen LogP contribution in [0, 0.1) is 17.5 Å². The van der Waals surface area contributed by atoms with Crippen molar-refractivity contribution in [2.24, 2.45) is 0 Å². The van der Waals surface area contributed by atoms with E-state index in [1.807, 2.05) is 18.2 Å². The summed E-state index contributed by atoms with van der Waals surface area (Å²) in [6.45, 7) is 1.66. The van der Waals surface area contributed by atoms with Crippen LogP contribution in [0.2, 0.25) is 0 Å². The fourth-order valence-electron chi connectivity index (χ4n) is 3.17. The van der Waals surface area contributed by atoms with Gasteiger partial charge in [0, 0.05) is 6.04 Å². The number of carbonyl (C=O) groups is 1. The van der Waals surface area contributed by atoms with Crippen molar-refractivity contribution < 1.29 is 18.0 Å². The lowest BCUT2D eigenvalue weighted by molar-refractivity contribution is -0.118. The van der Waals surface area contributed by atoms with Crippen molar-refractivity contribution in [2.75, 3.05) is 5.32 Å². The highest BCUT2D eigenvalue weighted by Gasteiger charge is 2.24. The van der Waals surface area contributed by atoms with Crippen molar-refractivity contribution in [3.8, 4) is 0 Å². The van der Waals surface area contributed by atoms with Crippen molar-refractivity contribution in [1.82, 2.24) is 5.32 Å². The molecule has 0 heterocycles. The van der Waals surface area contributed by atoms with Gasteiger partial charge in [-0.1, -0.05) is 24.3 Å². The summed E-state index contributed by atoms with van der Waals surface area (Å²) in [5.41, 5.74) is 2.04. The third-order valence-electron chi connectivity index (χ3n) is 4.51. The number of carbonyl (C=O) groups excluding carboxylic acids is 1. The highest BCUT2D eigenvalue weighted by molar-refractivity contribution is 5.94. The van der Waals surface area contributed by atoms with E-state index in [2.05, 4.69) is 16.7 Å². The summed E-state index contributed by atoms with van der Waals surface area (Å²) in [6.07, 6.45) is 2.92. The van der Waals surface area contributed by atoms with Crippen molar-refractivity contribution >= 4 is 11.6 Å². The van der Waals surface area contributed by atoms with E-state index in [0.29, 0.717) is 0 Å². The largest absolute Gasteiger partial charge is 0.322 e. The highest BCUT2D eigenvalue weighted by Crippen LogP contribution is 2.30. The molecule has 0 aliphatic heterocycles. The van der Waals surface area contributed by atoms with Gasteiger partial charge in [-0.25, -0.2) is 13.2 Å². The zero-order valence-electron chi connectivity index (χ0n) is 13.8. The molecule has 2 aromatic rings. The van der Waals surface area contributed by atoms with E-state index in [4.69, 9.17) is 0 Å². The molecule has 0 fully saturated rings. The maximum Gasteiger partial charge on any atom is 0.241 e. The minimum atomic E-state index is -1.60. The standard InChI is InChI=1S/C19H19F3N2O/c1-11(19(25)24-16-10-9-14(20)17(21)18(16)22)23-15-8-4-6-12-5-2-3-7-13(12)15/h2-3,5,7,9-11,15,23H,4,6,8H2,1H3,(H,24,25)/t11-,15-/m1/s1. The first-order valence-electron chi connectivity index (χ1n) is 8.25.